The minimum absolute atomic E-state index is 0.107. The average Bonchev–Trinajstić information content (AvgIpc) is 3.43. The zero-order valence-electron chi connectivity index (χ0n) is 31.4. The second kappa shape index (κ2) is 14.2. The summed E-state index contributed by atoms with van der Waals surface area (Å²) in [4.78, 5) is 61.7. The second-order valence-corrected chi connectivity index (χ2v) is 16.7. The second-order valence-electron chi connectivity index (χ2n) is 16.7. The van der Waals surface area contributed by atoms with Crippen LogP contribution in [0.1, 0.15) is 66.2 Å². The number of hydrogen-bond acceptors (Lipinski definition) is 12. The first-order valence-electron chi connectivity index (χ1n) is 19.8. The number of benzene rings is 2. The highest BCUT2D eigenvalue weighted by atomic mass is 16.3. The number of phenols is 1. The number of anilines is 3. The molecule has 2 atom stereocenters. The Morgan fingerprint density at radius 1 is 0.836 bits per heavy atom. The van der Waals surface area contributed by atoms with Crippen LogP contribution in [0.5, 0.6) is 5.75 Å². The van der Waals surface area contributed by atoms with Crippen molar-refractivity contribution >= 4 is 40.8 Å². The van der Waals surface area contributed by atoms with Gasteiger partial charge in [0.25, 0.3) is 11.8 Å². The fourth-order valence-corrected chi connectivity index (χ4v) is 9.69. The summed E-state index contributed by atoms with van der Waals surface area (Å²) in [6.07, 6.45) is 4.78. The average molecular weight is 748 g/mol. The number of piperazine rings is 1. The van der Waals surface area contributed by atoms with Gasteiger partial charge in [0, 0.05) is 70.0 Å². The van der Waals surface area contributed by atoms with Crippen molar-refractivity contribution in [1.82, 2.24) is 30.2 Å². The van der Waals surface area contributed by atoms with Crippen molar-refractivity contribution in [1.29, 1.82) is 0 Å². The van der Waals surface area contributed by atoms with Crippen molar-refractivity contribution in [2.24, 2.45) is 11.3 Å². The molecule has 1 unspecified atom stereocenters. The third-order valence-electron chi connectivity index (χ3n) is 12.9. The number of nitrogens with zero attached hydrogens (tertiary/aromatic N) is 7. The van der Waals surface area contributed by atoms with E-state index in [4.69, 9.17) is 0 Å². The Balaban J connectivity index is 0.745. The van der Waals surface area contributed by atoms with Crippen molar-refractivity contribution in [2.45, 2.75) is 57.5 Å². The number of para-hydroxylation sites is 1. The molecule has 0 bridgehead atoms. The van der Waals surface area contributed by atoms with Crippen molar-refractivity contribution in [3.8, 4) is 17.0 Å². The summed E-state index contributed by atoms with van der Waals surface area (Å²) in [5, 5.41) is 25.1. The van der Waals surface area contributed by atoms with Gasteiger partial charge in [-0.15, -0.1) is 10.2 Å². The van der Waals surface area contributed by atoms with Gasteiger partial charge in [-0.25, -0.2) is 0 Å². The Kier molecular flexibility index (Phi) is 9.20. The van der Waals surface area contributed by atoms with Crippen LogP contribution in [-0.4, -0.2) is 131 Å². The van der Waals surface area contributed by atoms with Gasteiger partial charge >= 0.3 is 0 Å². The van der Waals surface area contributed by atoms with E-state index in [0.717, 1.165) is 100 Å². The molecule has 3 aromatic rings. The van der Waals surface area contributed by atoms with Crippen LogP contribution in [0.15, 0.2) is 48.5 Å². The van der Waals surface area contributed by atoms with Gasteiger partial charge in [-0.2, -0.15) is 0 Å². The molecule has 3 N–H and O–H groups in total. The zero-order valence-corrected chi connectivity index (χ0v) is 31.4. The Morgan fingerprint density at radius 2 is 1.62 bits per heavy atom. The molecule has 1 aromatic heterocycles. The van der Waals surface area contributed by atoms with Crippen molar-refractivity contribution in [3.05, 3.63) is 59.7 Å². The van der Waals surface area contributed by atoms with Gasteiger partial charge in [0.2, 0.25) is 11.8 Å². The molecular formula is C41H49N9O5. The highest BCUT2D eigenvalue weighted by Crippen LogP contribution is 2.39. The first-order valence-corrected chi connectivity index (χ1v) is 19.8. The molecule has 4 saturated heterocycles. The number of carbonyl (C=O) groups excluding carboxylic acids is 4. The van der Waals surface area contributed by atoms with Crippen LogP contribution in [-0.2, 0) is 9.59 Å². The number of hydrogen-bond donors (Lipinski definition) is 3. The predicted octanol–water partition coefficient (Wildman–Crippen LogP) is 3.19. The van der Waals surface area contributed by atoms with Crippen molar-refractivity contribution < 1.29 is 24.3 Å². The number of aromatic nitrogens is 2. The number of aromatic hydroxyl groups is 1. The lowest BCUT2D eigenvalue weighted by atomic mass is 9.79. The Morgan fingerprint density at radius 3 is 2.40 bits per heavy atom. The molecule has 6 aliphatic heterocycles. The van der Waals surface area contributed by atoms with E-state index in [0.29, 0.717) is 34.3 Å². The van der Waals surface area contributed by atoms with Gasteiger partial charge in [0.15, 0.2) is 5.82 Å². The zero-order chi connectivity index (χ0) is 37.8. The number of rotatable bonds is 7. The molecule has 0 saturated carbocycles. The highest BCUT2D eigenvalue weighted by Gasteiger charge is 2.45. The summed E-state index contributed by atoms with van der Waals surface area (Å²) >= 11 is 0. The maximum Gasteiger partial charge on any atom is 0.262 e. The topological polar surface area (TPSA) is 155 Å². The van der Waals surface area contributed by atoms with E-state index in [1.165, 1.54) is 12.8 Å². The van der Waals surface area contributed by atoms with Gasteiger partial charge in [-0.05, 0) is 92.9 Å². The SMILES string of the molecule is CC1(CN2CCN3c4cc(-c5ccccc5O)nnc4NC[C@H]3C2)CCN(CC2CCN(c3ccc4c(c3)C(=O)N(C3CCC(=O)NC3=O)C4=O)CC2)CC1. The maximum absolute atomic E-state index is 13.4. The molecular weight excluding hydrogens is 699 g/mol. The molecule has 0 radical (unpaired) electrons. The smallest absolute Gasteiger partial charge is 0.262 e. The third-order valence-corrected chi connectivity index (χ3v) is 12.9. The van der Waals surface area contributed by atoms with Crippen molar-refractivity contribution in [3.63, 3.8) is 0 Å². The number of carbonyl (C=O) groups is 4. The van der Waals surface area contributed by atoms with Gasteiger partial charge in [-0.1, -0.05) is 19.1 Å². The molecule has 7 heterocycles. The van der Waals surface area contributed by atoms with Crippen LogP contribution in [0.2, 0.25) is 0 Å². The molecule has 2 aromatic carbocycles. The molecule has 14 nitrogen and oxygen atoms in total. The number of piperidine rings is 3. The Hall–Kier alpha value is -5.08. The van der Waals surface area contributed by atoms with E-state index >= 15 is 0 Å². The lowest BCUT2D eigenvalue weighted by molar-refractivity contribution is -0.136. The van der Waals surface area contributed by atoms with Crippen LogP contribution in [0.4, 0.5) is 17.2 Å². The standard InChI is InChI=1S/C41H49N9O5/c1-41(25-47-18-19-49-28(24-47)22-42-37-34(49)21-32(44-45-37)30-4-2-3-5-35(30)51)12-16-46(17-13-41)23-26-10-14-48(15-11-26)27-6-7-29-31(20-27)40(55)50(39(29)54)33-8-9-36(52)43-38(33)53/h2-7,20-21,26,28,33,51H,8-19,22-25H2,1H3,(H,42,45)(H,43,52,53)/t28-,33?/m0/s1. The van der Waals surface area contributed by atoms with E-state index in [-0.39, 0.29) is 29.9 Å². The number of fused-ring (bicyclic) bond motifs is 4. The maximum atomic E-state index is 13.4. The number of nitrogens with one attached hydrogen (secondary N) is 2. The summed E-state index contributed by atoms with van der Waals surface area (Å²) in [6, 6.07) is 14.2. The molecule has 9 rings (SSSR count). The predicted molar refractivity (Wildman–Crippen MR) is 207 cm³/mol. The van der Waals surface area contributed by atoms with Crippen LogP contribution in [0.3, 0.4) is 0 Å². The number of likely N-dealkylation sites (tertiary alicyclic amines) is 1. The Bertz CT molecular complexity index is 2020. The first kappa shape index (κ1) is 35.6. The summed E-state index contributed by atoms with van der Waals surface area (Å²) in [7, 11) is 0. The first-order chi connectivity index (χ1) is 26.6. The largest absolute Gasteiger partial charge is 0.507 e. The minimum Gasteiger partial charge on any atom is -0.507 e. The molecule has 6 aliphatic rings. The summed E-state index contributed by atoms with van der Waals surface area (Å²) in [6.45, 7) is 12.5. The fraction of sp³-hybridized carbons (Fsp3) is 0.512. The minimum atomic E-state index is -0.954. The van der Waals surface area contributed by atoms with Crippen LogP contribution >= 0.6 is 0 Å². The lowest BCUT2D eigenvalue weighted by Gasteiger charge is -2.49. The molecule has 14 heteroatoms. The van der Waals surface area contributed by atoms with Gasteiger partial charge < -0.3 is 25.1 Å². The monoisotopic (exact) mass is 747 g/mol. The van der Waals surface area contributed by atoms with E-state index in [2.05, 4.69) is 53.4 Å². The molecule has 55 heavy (non-hydrogen) atoms. The molecule has 0 spiro atoms. The van der Waals surface area contributed by atoms with Crippen molar-refractivity contribution in [2.75, 3.05) is 80.6 Å². The third kappa shape index (κ3) is 6.79. The number of imide groups is 2. The normalized spacial score (nSPS) is 24.6. The molecule has 0 aliphatic carbocycles. The Labute approximate surface area is 320 Å². The van der Waals surface area contributed by atoms with E-state index in [1.54, 1.807) is 18.2 Å². The summed E-state index contributed by atoms with van der Waals surface area (Å²) in [5.41, 5.74) is 4.31. The summed E-state index contributed by atoms with van der Waals surface area (Å²) < 4.78 is 0. The number of amides is 4. The van der Waals surface area contributed by atoms with E-state index in [9.17, 15) is 24.3 Å². The number of phenolic OH excluding ortho intramolecular Hbond substituents is 1. The lowest BCUT2D eigenvalue weighted by Crippen LogP contribution is -2.59. The molecule has 4 amide bonds. The molecule has 4 fully saturated rings. The summed E-state index contributed by atoms with van der Waals surface area (Å²) in [5.74, 6) is -0.259. The fourth-order valence-electron chi connectivity index (χ4n) is 9.69. The quantitative estimate of drug-likeness (QED) is 0.304. The van der Waals surface area contributed by atoms with Gasteiger partial charge in [-0.3, -0.25) is 34.3 Å². The van der Waals surface area contributed by atoms with Gasteiger partial charge in [0.1, 0.15) is 11.8 Å². The van der Waals surface area contributed by atoms with Crippen LogP contribution < -0.4 is 20.4 Å². The van der Waals surface area contributed by atoms with Crippen LogP contribution in [0, 0.1) is 11.3 Å². The van der Waals surface area contributed by atoms with E-state index in [1.807, 2.05) is 24.3 Å². The highest BCUT2D eigenvalue weighted by molar-refractivity contribution is 6.23. The van der Waals surface area contributed by atoms with E-state index < -0.39 is 23.8 Å². The van der Waals surface area contributed by atoms with Gasteiger partial charge in [0.05, 0.1) is 28.6 Å². The van der Waals surface area contributed by atoms with Crippen LogP contribution in [0.25, 0.3) is 11.3 Å². The molecule has 288 valence electrons.